The summed E-state index contributed by atoms with van der Waals surface area (Å²) in [5.41, 5.74) is 18.1. The van der Waals surface area contributed by atoms with Gasteiger partial charge in [0.2, 0.25) is 0 Å². The summed E-state index contributed by atoms with van der Waals surface area (Å²) in [7, 11) is 0. The van der Waals surface area contributed by atoms with Crippen LogP contribution in [0.15, 0.2) is 63.5 Å². The molecule has 0 radical (unpaired) electrons. The van der Waals surface area contributed by atoms with Gasteiger partial charge in [-0.25, -0.2) is 0 Å². The van der Waals surface area contributed by atoms with E-state index in [0.29, 0.717) is 5.71 Å². The lowest BCUT2D eigenvalue weighted by molar-refractivity contribution is -0.00298. The fraction of sp³-hybridized carbons (Fsp3) is 0.240. The second-order valence-electron chi connectivity index (χ2n) is 8.36. The third-order valence-corrected chi connectivity index (χ3v) is 6.37. The monoisotopic (exact) mass is 510 g/mol. The molecular weight excluding hydrogens is 488 g/mol. The smallest absolute Gasteiger partial charge is 0.332 e. The molecule has 29 heavy (non-hydrogen) atoms. The second-order valence-corrected chi connectivity index (χ2v) is 10.1. The van der Waals surface area contributed by atoms with E-state index in [4.69, 9.17) is 0 Å². The summed E-state index contributed by atoms with van der Waals surface area (Å²) in [5.74, 6) is 0. The van der Waals surface area contributed by atoms with Crippen LogP contribution in [-0.4, -0.2) is 10.5 Å². The van der Waals surface area contributed by atoms with Gasteiger partial charge in [-0.2, -0.15) is 4.79 Å². The average Bonchev–Trinajstić information content (AvgIpc) is 2.65. The molecular formula is C25H24Br2N2. The second kappa shape index (κ2) is 8.39. The summed E-state index contributed by atoms with van der Waals surface area (Å²) in [6, 6.07) is 18.7. The van der Waals surface area contributed by atoms with Crippen LogP contribution in [-0.2, 0) is 5.41 Å². The highest BCUT2D eigenvalue weighted by Crippen LogP contribution is 2.35. The molecule has 0 aliphatic carbocycles. The molecule has 0 bridgehead atoms. The van der Waals surface area contributed by atoms with E-state index in [0.717, 1.165) is 42.3 Å². The van der Waals surface area contributed by atoms with Crippen molar-refractivity contribution in [3.63, 3.8) is 0 Å². The van der Waals surface area contributed by atoms with Gasteiger partial charge in [-0.3, -0.25) is 0 Å². The number of benzene rings is 3. The molecule has 0 N–H and O–H groups in total. The van der Waals surface area contributed by atoms with E-state index >= 15 is 0 Å². The molecule has 0 aliphatic heterocycles. The van der Waals surface area contributed by atoms with Crippen LogP contribution in [0.5, 0.6) is 0 Å². The van der Waals surface area contributed by atoms with Gasteiger partial charge in [0.05, 0.1) is 11.1 Å². The minimum absolute atomic E-state index is 0.0586. The molecule has 0 amide bonds. The Labute approximate surface area is 189 Å². The lowest BCUT2D eigenvalue weighted by Crippen LogP contribution is -2.16. The summed E-state index contributed by atoms with van der Waals surface area (Å²) in [6.45, 7) is 10.8. The Morgan fingerprint density at radius 2 is 1.31 bits per heavy atom. The van der Waals surface area contributed by atoms with Crippen molar-refractivity contribution in [3.8, 4) is 11.1 Å². The molecule has 0 atom stereocenters. The van der Waals surface area contributed by atoms with Crippen LogP contribution in [0, 0.1) is 13.8 Å². The van der Waals surface area contributed by atoms with Crippen LogP contribution >= 0.6 is 31.9 Å². The van der Waals surface area contributed by atoms with Crippen molar-refractivity contribution >= 4 is 37.6 Å². The van der Waals surface area contributed by atoms with Crippen LogP contribution in [0.2, 0.25) is 0 Å². The third kappa shape index (κ3) is 4.45. The highest BCUT2D eigenvalue weighted by atomic mass is 79.9. The SMILES string of the molecule is Cc1cc(C(C)(C)C)cc(C)c1C(=[N+]=[N-])c1c(Br)cc(-c2ccccc2)cc1Br. The Morgan fingerprint density at radius 1 is 0.793 bits per heavy atom. The molecule has 0 aromatic heterocycles. The van der Waals surface area contributed by atoms with Gasteiger partial charge < -0.3 is 5.53 Å². The van der Waals surface area contributed by atoms with Crippen LogP contribution < -0.4 is 0 Å². The maximum absolute atomic E-state index is 9.99. The van der Waals surface area contributed by atoms with Gasteiger partial charge in [-0.15, -0.1) is 0 Å². The van der Waals surface area contributed by atoms with E-state index in [9.17, 15) is 5.53 Å². The Morgan fingerprint density at radius 3 is 1.76 bits per heavy atom. The molecule has 4 heteroatoms. The predicted molar refractivity (Wildman–Crippen MR) is 129 cm³/mol. The molecule has 0 heterocycles. The molecule has 3 rings (SSSR count). The number of hydrogen-bond donors (Lipinski definition) is 0. The van der Waals surface area contributed by atoms with Gasteiger partial charge in [-0.05, 0) is 91.1 Å². The van der Waals surface area contributed by atoms with E-state index in [1.165, 1.54) is 5.56 Å². The van der Waals surface area contributed by atoms with Crippen molar-refractivity contribution in [2.75, 3.05) is 0 Å². The fourth-order valence-electron chi connectivity index (χ4n) is 3.59. The summed E-state index contributed by atoms with van der Waals surface area (Å²) in [5, 5.41) is 0. The largest absolute Gasteiger partial charge is 0.361 e. The third-order valence-electron chi connectivity index (χ3n) is 5.12. The molecule has 3 aromatic carbocycles. The fourth-order valence-corrected chi connectivity index (χ4v) is 5.15. The molecule has 148 valence electrons. The quantitative estimate of drug-likeness (QED) is 0.195. The van der Waals surface area contributed by atoms with E-state index in [-0.39, 0.29) is 5.41 Å². The number of halogens is 2. The van der Waals surface area contributed by atoms with Gasteiger partial charge in [-0.1, -0.05) is 63.2 Å². The average molecular weight is 512 g/mol. The minimum Gasteiger partial charge on any atom is -0.361 e. The summed E-state index contributed by atoms with van der Waals surface area (Å²) in [6.07, 6.45) is 0. The summed E-state index contributed by atoms with van der Waals surface area (Å²) >= 11 is 7.41. The summed E-state index contributed by atoms with van der Waals surface area (Å²) < 4.78 is 1.74. The lowest BCUT2D eigenvalue weighted by Gasteiger charge is -2.21. The Balaban J connectivity index is 2.17. The van der Waals surface area contributed by atoms with Crippen molar-refractivity contribution in [2.24, 2.45) is 0 Å². The summed E-state index contributed by atoms with van der Waals surface area (Å²) in [4.78, 5) is 3.72. The van der Waals surface area contributed by atoms with E-state index in [1.54, 1.807) is 0 Å². The zero-order valence-corrected chi connectivity index (χ0v) is 20.5. The molecule has 0 saturated heterocycles. The first-order chi connectivity index (χ1) is 13.6. The van der Waals surface area contributed by atoms with Crippen molar-refractivity contribution in [3.05, 3.63) is 96.9 Å². The highest BCUT2D eigenvalue weighted by molar-refractivity contribution is 9.11. The molecule has 0 aliphatic rings. The van der Waals surface area contributed by atoms with Crippen molar-refractivity contribution in [1.29, 1.82) is 0 Å². The number of nitrogens with zero attached hydrogens (tertiary/aromatic N) is 2. The Bertz CT molecular complexity index is 1070. The van der Waals surface area contributed by atoms with Gasteiger partial charge in [0, 0.05) is 8.95 Å². The predicted octanol–water partition coefficient (Wildman–Crippen LogP) is 7.86. The van der Waals surface area contributed by atoms with Gasteiger partial charge in [0.25, 0.3) is 0 Å². The topological polar surface area (TPSA) is 36.4 Å². The first kappa shape index (κ1) is 21.7. The minimum atomic E-state index is 0.0586. The molecule has 0 spiro atoms. The molecule has 2 nitrogen and oxygen atoms in total. The maximum Gasteiger partial charge on any atom is 0.332 e. The van der Waals surface area contributed by atoms with Crippen molar-refractivity contribution in [2.45, 2.75) is 40.0 Å². The lowest BCUT2D eigenvalue weighted by atomic mass is 9.82. The number of hydrogen-bond acceptors (Lipinski definition) is 0. The highest BCUT2D eigenvalue weighted by Gasteiger charge is 2.27. The molecule has 3 aromatic rings. The first-order valence-electron chi connectivity index (χ1n) is 9.52. The van der Waals surface area contributed by atoms with Crippen molar-refractivity contribution in [1.82, 2.24) is 0 Å². The normalized spacial score (nSPS) is 11.3. The zero-order chi connectivity index (χ0) is 21.3. The van der Waals surface area contributed by atoms with Crippen LogP contribution in [0.4, 0.5) is 0 Å². The van der Waals surface area contributed by atoms with E-state index < -0.39 is 0 Å². The standard InChI is InChI=1S/C25H24Br2N2/c1-15-11-19(25(3,4)5)12-16(2)22(15)24(29-28)23-20(26)13-18(14-21(23)27)17-9-7-6-8-10-17/h6-14H,1-5H3. The Hall–Kier alpha value is -2.00. The maximum atomic E-state index is 9.99. The van der Waals surface area contributed by atoms with Gasteiger partial charge in [0.1, 0.15) is 0 Å². The van der Waals surface area contributed by atoms with E-state index in [2.05, 4.69) is 108 Å². The van der Waals surface area contributed by atoms with Crippen LogP contribution in [0.25, 0.3) is 16.7 Å². The van der Waals surface area contributed by atoms with Crippen LogP contribution in [0.3, 0.4) is 0 Å². The van der Waals surface area contributed by atoms with Crippen LogP contribution in [0.1, 0.15) is 48.6 Å². The Kier molecular flexibility index (Phi) is 6.28. The van der Waals surface area contributed by atoms with E-state index in [1.807, 2.05) is 18.2 Å². The zero-order valence-electron chi connectivity index (χ0n) is 17.3. The molecule has 0 fully saturated rings. The molecule has 0 unspecified atom stereocenters. The van der Waals surface area contributed by atoms with Gasteiger partial charge >= 0.3 is 5.71 Å². The molecule has 0 saturated carbocycles. The van der Waals surface area contributed by atoms with Crippen molar-refractivity contribution < 1.29 is 4.79 Å². The number of rotatable bonds is 3. The van der Waals surface area contributed by atoms with Gasteiger partial charge in [0.15, 0.2) is 0 Å². The number of aryl methyl sites for hydroxylation is 2. The first-order valence-corrected chi connectivity index (χ1v) is 11.1.